The van der Waals surface area contributed by atoms with Crippen molar-refractivity contribution in [2.75, 3.05) is 59.5 Å². The number of nitrogens with zero attached hydrogens (tertiary/aromatic N) is 4. The van der Waals surface area contributed by atoms with Crippen LogP contribution in [-0.2, 0) is 11.3 Å². The topological polar surface area (TPSA) is 48.9 Å². The number of piperidine rings is 1. The fourth-order valence-corrected chi connectivity index (χ4v) is 3.43. The summed E-state index contributed by atoms with van der Waals surface area (Å²) < 4.78 is 5.37. The molecule has 0 spiro atoms. The smallest absolute Gasteiger partial charge is 0.272 e. The molecule has 0 saturated carbocycles. The number of ether oxygens (including phenoxy) is 1. The summed E-state index contributed by atoms with van der Waals surface area (Å²) in [7, 11) is 1.87. The first-order chi connectivity index (χ1) is 12.2. The van der Waals surface area contributed by atoms with E-state index in [1.54, 1.807) is 4.90 Å². The number of hydrogen-bond donors (Lipinski definition) is 0. The van der Waals surface area contributed by atoms with Crippen molar-refractivity contribution in [1.82, 2.24) is 19.7 Å². The Morgan fingerprint density at radius 3 is 2.56 bits per heavy atom. The minimum absolute atomic E-state index is 0.00920. The normalized spacial score (nSPS) is 19.7. The van der Waals surface area contributed by atoms with Crippen molar-refractivity contribution in [2.24, 2.45) is 0 Å². The molecule has 6 nitrogen and oxygen atoms in total. The zero-order valence-electron chi connectivity index (χ0n) is 15.3. The SMILES string of the molecule is CN(CCN1CCCCC1)C(=O)c1ccc(CN2CCOCC2)cn1. The van der Waals surface area contributed by atoms with Gasteiger partial charge in [0.1, 0.15) is 5.69 Å². The van der Waals surface area contributed by atoms with Crippen molar-refractivity contribution in [3.63, 3.8) is 0 Å². The van der Waals surface area contributed by atoms with Crippen molar-refractivity contribution < 1.29 is 9.53 Å². The van der Waals surface area contributed by atoms with E-state index < -0.39 is 0 Å². The maximum Gasteiger partial charge on any atom is 0.272 e. The van der Waals surface area contributed by atoms with E-state index in [2.05, 4.69) is 14.8 Å². The third kappa shape index (κ3) is 5.49. The Morgan fingerprint density at radius 2 is 1.88 bits per heavy atom. The third-order valence-corrected chi connectivity index (χ3v) is 5.10. The fraction of sp³-hybridized carbons (Fsp3) is 0.684. The zero-order chi connectivity index (χ0) is 17.5. The van der Waals surface area contributed by atoms with Crippen LogP contribution in [0.4, 0.5) is 0 Å². The number of carbonyl (C=O) groups excluding carboxylic acids is 1. The van der Waals surface area contributed by atoms with Gasteiger partial charge >= 0.3 is 0 Å². The molecule has 2 saturated heterocycles. The highest BCUT2D eigenvalue weighted by Crippen LogP contribution is 2.10. The van der Waals surface area contributed by atoms with Crippen molar-refractivity contribution in [3.8, 4) is 0 Å². The number of carbonyl (C=O) groups is 1. The van der Waals surface area contributed by atoms with Crippen molar-refractivity contribution in [2.45, 2.75) is 25.8 Å². The Balaban J connectivity index is 1.47. The predicted octanol–water partition coefficient (Wildman–Crippen LogP) is 1.47. The van der Waals surface area contributed by atoms with Gasteiger partial charge in [-0.2, -0.15) is 0 Å². The lowest BCUT2D eigenvalue weighted by atomic mass is 10.1. The molecule has 0 unspecified atom stereocenters. The van der Waals surface area contributed by atoms with E-state index in [9.17, 15) is 4.79 Å². The van der Waals surface area contributed by atoms with Crippen LogP contribution in [0, 0.1) is 0 Å². The van der Waals surface area contributed by atoms with Crippen molar-refractivity contribution >= 4 is 5.91 Å². The molecule has 25 heavy (non-hydrogen) atoms. The van der Waals surface area contributed by atoms with Gasteiger partial charge in [-0.05, 0) is 37.6 Å². The van der Waals surface area contributed by atoms with E-state index in [-0.39, 0.29) is 5.91 Å². The molecule has 0 radical (unpaired) electrons. The van der Waals surface area contributed by atoms with Crippen LogP contribution in [0.15, 0.2) is 18.3 Å². The molecule has 1 amide bonds. The second-order valence-electron chi connectivity index (χ2n) is 7.07. The molecule has 2 aliphatic heterocycles. The van der Waals surface area contributed by atoms with E-state index in [1.807, 2.05) is 25.4 Å². The van der Waals surface area contributed by atoms with Gasteiger partial charge in [0.2, 0.25) is 0 Å². The summed E-state index contributed by atoms with van der Waals surface area (Å²) in [6, 6.07) is 3.88. The van der Waals surface area contributed by atoms with E-state index in [0.717, 1.165) is 64.6 Å². The van der Waals surface area contributed by atoms with Crippen LogP contribution in [0.1, 0.15) is 35.3 Å². The molecule has 1 aromatic heterocycles. The molecular formula is C19H30N4O2. The van der Waals surface area contributed by atoms with Gasteiger partial charge in [0.25, 0.3) is 5.91 Å². The number of hydrogen-bond acceptors (Lipinski definition) is 5. The maximum atomic E-state index is 12.5. The maximum absolute atomic E-state index is 12.5. The Bertz CT molecular complexity index is 537. The predicted molar refractivity (Wildman–Crippen MR) is 97.6 cm³/mol. The van der Waals surface area contributed by atoms with Crippen LogP contribution in [0.3, 0.4) is 0 Å². The Kier molecular flexibility index (Phi) is 6.78. The van der Waals surface area contributed by atoms with Crippen LogP contribution in [0.5, 0.6) is 0 Å². The standard InChI is InChI=1S/C19H30N4O2/c1-21(9-10-22-7-3-2-4-8-22)19(24)18-6-5-17(15-20-18)16-23-11-13-25-14-12-23/h5-6,15H,2-4,7-14,16H2,1H3. The number of morpholine rings is 1. The van der Waals surface area contributed by atoms with Gasteiger partial charge in [-0.15, -0.1) is 0 Å². The second-order valence-corrected chi connectivity index (χ2v) is 7.07. The number of pyridine rings is 1. The average Bonchev–Trinajstić information content (AvgIpc) is 2.68. The van der Waals surface area contributed by atoms with Crippen LogP contribution in [-0.4, -0.2) is 85.1 Å². The first kappa shape index (κ1) is 18.3. The molecule has 1 aromatic rings. The molecule has 2 fully saturated rings. The highest BCUT2D eigenvalue weighted by Gasteiger charge is 2.16. The van der Waals surface area contributed by atoms with Crippen molar-refractivity contribution in [3.05, 3.63) is 29.6 Å². The molecular weight excluding hydrogens is 316 g/mol. The third-order valence-electron chi connectivity index (χ3n) is 5.10. The minimum atomic E-state index is 0.00920. The number of amides is 1. The first-order valence-electron chi connectivity index (χ1n) is 9.45. The first-order valence-corrected chi connectivity index (χ1v) is 9.45. The van der Waals surface area contributed by atoms with Gasteiger partial charge in [0.15, 0.2) is 0 Å². The zero-order valence-corrected chi connectivity index (χ0v) is 15.3. The Hall–Kier alpha value is -1.50. The van der Waals surface area contributed by atoms with Gasteiger partial charge in [-0.25, -0.2) is 0 Å². The van der Waals surface area contributed by atoms with Crippen LogP contribution in [0.2, 0.25) is 0 Å². The lowest BCUT2D eigenvalue weighted by Gasteiger charge is -2.28. The summed E-state index contributed by atoms with van der Waals surface area (Å²) in [5.74, 6) is 0.00920. The summed E-state index contributed by atoms with van der Waals surface area (Å²) in [5.41, 5.74) is 1.68. The van der Waals surface area contributed by atoms with Crippen molar-refractivity contribution in [1.29, 1.82) is 0 Å². The van der Waals surface area contributed by atoms with Crippen LogP contribution >= 0.6 is 0 Å². The van der Waals surface area contributed by atoms with Crippen LogP contribution < -0.4 is 0 Å². The molecule has 0 bridgehead atoms. The highest BCUT2D eigenvalue weighted by atomic mass is 16.5. The van der Waals surface area contributed by atoms with Gasteiger partial charge in [-0.3, -0.25) is 14.7 Å². The number of rotatable bonds is 6. The Labute approximate surface area is 150 Å². The number of aromatic nitrogens is 1. The van der Waals surface area contributed by atoms with Gasteiger partial charge in [-0.1, -0.05) is 12.5 Å². The van der Waals surface area contributed by atoms with E-state index in [4.69, 9.17) is 4.74 Å². The summed E-state index contributed by atoms with van der Waals surface area (Å²) >= 11 is 0. The molecule has 138 valence electrons. The molecule has 3 rings (SSSR count). The fourth-order valence-electron chi connectivity index (χ4n) is 3.43. The monoisotopic (exact) mass is 346 g/mol. The quantitative estimate of drug-likeness (QED) is 0.781. The molecule has 0 aromatic carbocycles. The Morgan fingerprint density at radius 1 is 1.12 bits per heavy atom. The lowest BCUT2D eigenvalue weighted by Crippen LogP contribution is -2.38. The largest absolute Gasteiger partial charge is 0.379 e. The second kappa shape index (κ2) is 9.27. The molecule has 0 N–H and O–H groups in total. The minimum Gasteiger partial charge on any atom is -0.379 e. The van der Waals surface area contributed by atoms with Crippen LogP contribution in [0.25, 0.3) is 0 Å². The van der Waals surface area contributed by atoms with E-state index in [1.165, 1.54) is 19.3 Å². The van der Waals surface area contributed by atoms with E-state index >= 15 is 0 Å². The number of likely N-dealkylation sites (N-methyl/N-ethyl adjacent to an activating group) is 1. The summed E-state index contributed by atoms with van der Waals surface area (Å²) in [6.45, 7) is 8.42. The molecule has 0 aliphatic carbocycles. The molecule has 3 heterocycles. The van der Waals surface area contributed by atoms with Gasteiger partial charge in [0, 0.05) is 46.0 Å². The van der Waals surface area contributed by atoms with Gasteiger partial charge < -0.3 is 14.5 Å². The molecule has 0 atom stereocenters. The lowest BCUT2D eigenvalue weighted by molar-refractivity contribution is 0.0341. The van der Waals surface area contributed by atoms with Gasteiger partial charge in [0.05, 0.1) is 13.2 Å². The summed E-state index contributed by atoms with van der Waals surface area (Å²) in [4.78, 5) is 23.5. The average molecular weight is 346 g/mol. The molecule has 6 heteroatoms. The van der Waals surface area contributed by atoms with E-state index in [0.29, 0.717) is 5.69 Å². The highest BCUT2D eigenvalue weighted by molar-refractivity contribution is 5.92. The summed E-state index contributed by atoms with van der Waals surface area (Å²) in [5, 5.41) is 0. The molecule has 2 aliphatic rings. The number of likely N-dealkylation sites (tertiary alicyclic amines) is 1. The summed E-state index contributed by atoms with van der Waals surface area (Å²) in [6.07, 6.45) is 5.74.